The summed E-state index contributed by atoms with van der Waals surface area (Å²) in [6.07, 6.45) is -0.533. The molecule has 0 saturated carbocycles. The Labute approximate surface area is 185 Å². The van der Waals surface area contributed by atoms with Gasteiger partial charge in [-0.25, -0.2) is 13.2 Å². The fraction of sp³-hybridized carbons (Fsp3) is 0.333. The van der Waals surface area contributed by atoms with Crippen LogP contribution >= 0.6 is 15.9 Å². The van der Waals surface area contributed by atoms with Crippen LogP contribution in [0.25, 0.3) is 0 Å². The summed E-state index contributed by atoms with van der Waals surface area (Å²) < 4.78 is 33.5. The molecular formula is C21H24BrN3O4S. The molecule has 0 radical (unpaired) electrons. The Bertz CT molecular complexity index is 1050. The van der Waals surface area contributed by atoms with Crippen LogP contribution < -0.4 is 4.72 Å². The number of nitrogens with zero attached hydrogens (tertiary/aromatic N) is 2. The summed E-state index contributed by atoms with van der Waals surface area (Å²) in [6, 6.07) is 13.7. The zero-order valence-electron chi connectivity index (χ0n) is 16.8. The number of rotatable bonds is 8. The van der Waals surface area contributed by atoms with Crippen LogP contribution in [0.15, 0.2) is 62.9 Å². The van der Waals surface area contributed by atoms with E-state index in [9.17, 15) is 13.2 Å². The first-order valence-electron chi connectivity index (χ1n) is 9.70. The van der Waals surface area contributed by atoms with Crippen molar-refractivity contribution in [1.82, 2.24) is 9.62 Å². The minimum absolute atomic E-state index is 0.138. The molecule has 2 aromatic rings. The molecule has 30 heavy (non-hydrogen) atoms. The Hall–Kier alpha value is -2.23. The summed E-state index contributed by atoms with van der Waals surface area (Å²) in [5, 5.41) is 0. The van der Waals surface area contributed by atoms with E-state index in [0.717, 1.165) is 13.1 Å². The number of halogens is 1. The van der Waals surface area contributed by atoms with Crippen LogP contribution in [-0.2, 0) is 14.8 Å². The van der Waals surface area contributed by atoms with Crippen LogP contribution in [0, 0.1) is 0 Å². The number of esters is 1. The fourth-order valence-electron chi connectivity index (χ4n) is 3.19. The second-order valence-corrected chi connectivity index (χ2v) is 9.29. The van der Waals surface area contributed by atoms with E-state index in [4.69, 9.17) is 4.74 Å². The van der Waals surface area contributed by atoms with Gasteiger partial charge in [-0.1, -0.05) is 38.1 Å². The lowest BCUT2D eigenvalue weighted by atomic mass is 10.2. The van der Waals surface area contributed by atoms with Gasteiger partial charge in [0.05, 0.1) is 17.0 Å². The number of carbonyl (C=O) groups excluding carboxylic acids is 1. The highest BCUT2D eigenvalue weighted by Crippen LogP contribution is 2.22. The number of sulfonamides is 1. The van der Waals surface area contributed by atoms with Gasteiger partial charge in [-0.2, -0.15) is 0 Å². The number of amidine groups is 1. The second-order valence-electron chi connectivity index (χ2n) is 6.78. The Morgan fingerprint density at radius 2 is 1.80 bits per heavy atom. The Morgan fingerprint density at radius 3 is 2.50 bits per heavy atom. The van der Waals surface area contributed by atoms with Crippen LogP contribution in [0.2, 0.25) is 0 Å². The summed E-state index contributed by atoms with van der Waals surface area (Å²) in [7, 11) is -3.61. The van der Waals surface area contributed by atoms with E-state index >= 15 is 0 Å². The predicted molar refractivity (Wildman–Crippen MR) is 119 cm³/mol. The molecular weight excluding hydrogens is 470 g/mol. The van der Waals surface area contributed by atoms with Crippen molar-refractivity contribution in [2.24, 2.45) is 4.99 Å². The van der Waals surface area contributed by atoms with Gasteiger partial charge in [0, 0.05) is 16.6 Å². The Morgan fingerprint density at radius 1 is 1.13 bits per heavy atom. The minimum atomic E-state index is -3.61. The number of ether oxygens (including phenoxy) is 1. The van der Waals surface area contributed by atoms with Crippen molar-refractivity contribution in [3.63, 3.8) is 0 Å². The van der Waals surface area contributed by atoms with Gasteiger partial charge in [-0.3, -0.25) is 9.71 Å². The van der Waals surface area contributed by atoms with Crippen molar-refractivity contribution in [3.8, 4) is 0 Å². The smallest absolute Gasteiger partial charge is 0.339 e. The number of hydrogen-bond donors (Lipinski definition) is 1. The second kappa shape index (κ2) is 9.72. The highest BCUT2D eigenvalue weighted by Gasteiger charge is 2.30. The van der Waals surface area contributed by atoms with Crippen LogP contribution in [-0.4, -0.2) is 57.4 Å². The SMILES string of the molecule is CCN(CC)C[C@H](CN=C1NS(=O)(=O)c2ccccc21)OC(=O)c1ccccc1Br. The molecule has 0 amide bonds. The third-order valence-corrected chi connectivity index (χ3v) is 6.93. The highest BCUT2D eigenvalue weighted by atomic mass is 79.9. The summed E-state index contributed by atoms with van der Waals surface area (Å²) in [5.41, 5.74) is 0.956. The van der Waals surface area contributed by atoms with Gasteiger partial charge in [-0.05, 0) is 53.3 Å². The molecule has 1 atom stereocenters. The Balaban J connectivity index is 1.82. The molecule has 1 aliphatic heterocycles. The van der Waals surface area contributed by atoms with E-state index in [1.54, 1.807) is 42.5 Å². The maximum Gasteiger partial charge on any atom is 0.339 e. The van der Waals surface area contributed by atoms with Gasteiger partial charge in [0.2, 0.25) is 0 Å². The number of benzene rings is 2. The lowest BCUT2D eigenvalue weighted by Crippen LogP contribution is -2.37. The Kier molecular flexibility index (Phi) is 7.27. The molecule has 2 aromatic carbocycles. The van der Waals surface area contributed by atoms with Crippen molar-refractivity contribution in [1.29, 1.82) is 0 Å². The topological polar surface area (TPSA) is 88.1 Å². The van der Waals surface area contributed by atoms with Crippen LogP contribution in [0.3, 0.4) is 0 Å². The molecule has 160 valence electrons. The summed E-state index contributed by atoms with van der Waals surface area (Å²) in [4.78, 5) is 19.5. The van der Waals surface area contributed by atoms with Crippen molar-refractivity contribution in [2.75, 3.05) is 26.2 Å². The number of nitrogens with one attached hydrogen (secondary N) is 1. The zero-order chi connectivity index (χ0) is 21.7. The van der Waals surface area contributed by atoms with Crippen LogP contribution in [0.1, 0.15) is 29.8 Å². The molecule has 0 unspecified atom stereocenters. The largest absolute Gasteiger partial charge is 0.455 e. The quantitative estimate of drug-likeness (QED) is 0.570. The first-order chi connectivity index (χ1) is 14.4. The standard InChI is InChI=1S/C21H24BrN3O4S/c1-3-25(4-2)14-15(29-21(26)16-9-5-7-11-18(16)22)13-23-20-17-10-6-8-12-19(17)30(27,28)24-20/h5-12,15H,3-4,13-14H2,1-2H3,(H,23,24)/t15-/m0/s1. The first kappa shape index (κ1) is 22.5. The molecule has 0 saturated heterocycles. The average molecular weight is 494 g/mol. The highest BCUT2D eigenvalue weighted by molar-refractivity contribution is 9.10. The zero-order valence-corrected chi connectivity index (χ0v) is 19.2. The summed E-state index contributed by atoms with van der Waals surface area (Å²) in [5.74, 6) is -0.181. The van der Waals surface area contributed by atoms with Gasteiger partial charge in [0.1, 0.15) is 11.9 Å². The van der Waals surface area contributed by atoms with E-state index in [-0.39, 0.29) is 17.3 Å². The summed E-state index contributed by atoms with van der Waals surface area (Å²) >= 11 is 3.37. The third kappa shape index (κ3) is 5.08. The molecule has 0 fully saturated rings. The maximum atomic E-state index is 12.7. The van der Waals surface area contributed by atoms with Crippen molar-refractivity contribution >= 4 is 37.8 Å². The van der Waals surface area contributed by atoms with E-state index in [0.29, 0.717) is 22.1 Å². The van der Waals surface area contributed by atoms with E-state index in [2.05, 4.69) is 30.5 Å². The molecule has 7 nitrogen and oxygen atoms in total. The van der Waals surface area contributed by atoms with Crippen LogP contribution in [0.5, 0.6) is 0 Å². The molecule has 0 spiro atoms. The van der Waals surface area contributed by atoms with E-state index < -0.39 is 22.1 Å². The number of fused-ring (bicyclic) bond motifs is 1. The monoisotopic (exact) mass is 493 g/mol. The molecule has 9 heteroatoms. The lowest BCUT2D eigenvalue weighted by molar-refractivity contribution is 0.0235. The van der Waals surface area contributed by atoms with Crippen molar-refractivity contribution < 1.29 is 17.9 Å². The molecule has 1 N–H and O–H groups in total. The van der Waals surface area contributed by atoms with Gasteiger partial charge in [0.15, 0.2) is 0 Å². The molecule has 1 aliphatic rings. The van der Waals surface area contributed by atoms with Gasteiger partial charge in [0.25, 0.3) is 10.0 Å². The summed E-state index contributed by atoms with van der Waals surface area (Å²) in [6.45, 7) is 6.29. The molecule has 3 rings (SSSR count). The minimum Gasteiger partial charge on any atom is -0.455 e. The van der Waals surface area contributed by atoms with Gasteiger partial charge in [-0.15, -0.1) is 0 Å². The number of aliphatic imine (C=N–C) groups is 1. The first-order valence-corrected chi connectivity index (χ1v) is 12.0. The third-order valence-electron chi connectivity index (χ3n) is 4.84. The molecule has 0 aromatic heterocycles. The van der Waals surface area contributed by atoms with Crippen molar-refractivity contribution in [3.05, 3.63) is 64.1 Å². The van der Waals surface area contributed by atoms with Crippen molar-refractivity contribution in [2.45, 2.75) is 24.8 Å². The fourth-order valence-corrected chi connectivity index (χ4v) is 4.89. The number of hydrogen-bond acceptors (Lipinski definition) is 6. The predicted octanol–water partition coefficient (Wildman–Crippen LogP) is 3.06. The molecule has 0 bridgehead atoms. The average Bonchev–Trinajstić information content (AvgIpc) is 3.00. The van der Waals surface area contributed by atoms with E-state index in [1.807, 2.05) is 19.9 Å². The van der Waals surface area contributed by atoms with Crippen LogP contribution in [0.4, 0.5) is 0 Å². The number of likely N-dealkylation sites (N-methyl/N-ethyl adjacent to an activating group) is 1. The molecule has 1 heterocycles. The number of carbonyl (C=O) groups is 1. The maximum absolute atomic E-state index is 12.7. The molecule has 0 aliphatic carbocycles. The van der Waals surface area contributed by atoms with Gasteiger partial charge >= 0.3 is 5.97 Å². The van der Waals surface area contributed by atoms with E-state index in [1.165, 1.54) is 0 Å². The normalized spacial score (nSPS) is 16.9. The van der Waals surface area contributed by atoms with Gasteiger partial charge < -0.3 is 9.64 Å². The lowest BCUT2D eigenvalue weighted by Gasteiger charge is -2.24.